The molecule has 146 valence electrons. The average molecular weight is 375 g/mol. The molecule has 2 amide bonds. The number of benzene rings is 1. The van der Waals surface area contributed by atoms with E-state index in [2.05, 4.69) is 10.3 Å². The highest BCUT2D eigenvalue weighted by molar-refractivity contribution is 5.93. The van der Waals surface area contributed by atoms with Gasteiger partial charge in [-0.3, -0.25) is 9.59 Å². The van der Waals surface area contributed by atoms with E-state index in [0.29, 0.717) is 25.3 Å². The maximum absolute atomic E-state index is 14.3. The molecule has 1 saturated heterocycles. The van der Waals surface area contributed by atoms with Gasteiger partial charge >= 0.3 is 0 Å². The number of hydrogen-bond acceptors (Lipinski definition) is 3. The second-order valence-corrected chi connectivity index (χ2v) is 6.49. The van der Waals surface area contributed by atoms with Crippen LogP contribution in [0.1, 0.15) is 28.8 Å². The number of aromatic nitrogens is 1. The number of aromatic amines is 1. The third kappa shape index (κ3) is 6.86. The van der Waals surface area contributed by atoms with Gasteiger partial charge in [0.2, 0.25) is 6.41 Å². The van der Waals surface area contributed by atoms with Crippen molar-refractivity contribution in [2.75, 3.05) is 26.7 Å². The van der Waals surface area contributed by atoms with Crippen LogP contribution in [0.4, 0.5) is 4.39 Å². The summed E-state index contributed by atoms with van der Waals surface area (Å²) in [6.07, 6.45) is 4.47. The summed E-state index contributed by atoms with van der Waals surface area (Å²) in [6, 6.07) is 11.7. The molecule has 27 heavy (non-hydrogen) atoms. The number of halogens is 1. The minimum Gasteiger partial charge on any atom is -0.380 e. The van der Waals surface area contributed by atoms with E-state index in [9.17, 15) is 14.0 Å². The monoisotopic (exact) mass is 375 g/mol. The number of alkyl halides is 1. The fraction of sp³-hybridized carbons (Fsp3) is 0.400. The third-order valence-electron chi connectivity index (χ3n) is 4.42. The lowest BCUT2D eigenvalue weighted by Crippen LogP contribution is -2.47. The predicted octanol–water partition coefficient (Wildman–Crippen LogP) is 2.54. The third-order valence-corrected chi connectivity index (χ3v) is 4.42. The van der Waals surface area contributed by atoms with Crippen molar-refractivity contribution in [2.45, 2.75) is 25.1 Å². The van der Waals surface area contributed by atoms with Crippen LogP contribution in [0, 0.1) is 0 Å². The highest BCUT2D eigenvalue weighted by Gasteiger charge is 2.34. The molecule has 1 aliphatic rings. The van der Waals surface area contributed by atoms with Crippen molar-refractivity contribution < 1.29 is 18.7 Å². The second kappa shape index (κ2) is 10.5. The molecular formula is C20H26FN3O3. The molecule has 1 aliphatic heterocycles. The number of rotatable bonds is 6. The van der Waals surface area contributed by atoms with Gasteiger partial charge in [-0.15, -0.1) is 0 Å². The van der Waals surface area contributed by atoms with Gasteiger partial charge in [0.15, 0.2) is 0 Å². The number of amides is 2. The maximum Gasteiger partial charge on any atom is 0.252 e. The molecule has 0 spiro atoms. The molecule has 1 aromatic heterocycles. The SMILES string of the molecule is COCc1ccccc1.O=CN1CCC(F)(CNC(=O)c2cc[nH]c2)CC1. The molecular weight excluding hydrogens is 349 g/mol. The molecule has 0 saturated carbocycles. The number of carbonyl (C=O) groups is 2. The van der Waals surface area contributed by atoms with Gasteiger partial charge in [0.1, 0.15) is 5.67 Å². The van der Waals surface area contributed by atoms with E-state index >= 15 is 0 Å². The maximum atomic E-state index is 14.3. The Morgan fingerprint density at radius 3 is 2.56 bits per heavy atom. The summed E-state index contributed by atoms with van der Waals surface area (Å²) in [7, 11) is 1.70. The Morgan fingerprint density at radius 2 is 2.00 bits per heavy atom. The van der Waals surface area contributed by atoms with E-state index in [1.165, 1.54) is 5.56 Å². The Kier molecular flexibility index (Phi) is 8.00. The Balaban J connectivity index is 0.000000244. The summed E-state index contributed by atoms with van der Waals surface area (Å²) in [5, 5.41) is 2.59. The quantitative estimate of drug-likeness (QED) is 0.762. The number of likely N-dealkylation sites (tertiary alicyclic amines) is 1. The number of H-pyrrole nitrogens is 1. The first-order valence-electron chi connectivity index (χ1n) is 8.88. The molecule has 7 heteroatoms. The van der Waals surface area contributed by atoms with Crippen LogP contribution in [-0.4, -0.2) is 54.6 Å². The molecule has 2 N–H and O–H groups in total. The molecule has 2 heterocycles. The van der Waals surface area contributed by atoms with Crippen LogP contribution >= 0.6 is 0 Å². The normalized spacial score (nSPS) is 15.4. The Bertz CT molecular complexity index is 684. The highest BCUT2D eigenvalue weighted by atomic mass is 19.1. The van der Waals surface area contributed by atoms with Gasteiger partial charge < -0.3 is 19.9 Å². The Morgan fingerprint density at radius 1 is 1.30 bits per heavy atom. The number of nitrogens with one attached hydrogen (secondary N) is 2. The van der Waals surface area contributed by atoms with Crippen LogP contribution in [-0.2, 0) is 16.1 Å². The van der Waals surface area contributed by atoms with E-state index in [0.717, 1.165) is 6.41 Å². The van der Waals surface area contributed by atoms with Gasteiger partial charge in [0, 0.05) is 45.4 Å². The summed E-state index contributed by atoms with van der Waals surface area (Å²) < 4.78 is 19.2. The molecule has 2 aromatic rings. The summed E-state index contributed by atoms with van der Waals surface area (Å²) in [5.74, 6) is -0.286. The summed E-state index contributed by atoms with van der Waals surface area (Å²) >= 11 is 0. The molecule has 0 radical (unpaired) electrons. The lowest BCUT2D eigenvalue weighted by atomic mass is 9.93. The number of hydrogen-bond donors (Lipinski definition) is 2. The molecule has 1 fully saturated rings. The first-order valence-corrected chi connectivity index (χ1v) is 8.88. The average Bonchev–Trinajstić information content (AvgIpc) is 3.23. The van der Waals surface area contributed by atoms with Crippen molar-refractivity contribution in [1.29, 1.82) is 0 Å². The first kappa shape index (κ1) is 20.6. The summed E-state index contributed by atoms with van der Waals surface area (Å²) in [5.41, 5.74) is 0.301. The zero-order valence-corrected chi connectivity index (χ0v) is 15.5. The summed E-state index contributed by atoms with van der Waals surface area (Å²) in [6.45, 7) is 1.50. The van der Waals surface area contributed by atoms with E-state index in [1.54, 1.807) is 30.5 Å². The lowest BCUT2D eigenvalue weighted by molar-refractivity contribution is -0.120. The molecule has 6 nitrogen and oxygen atoms in total. The molecule has 1 aromatic carbocycles. The van der Waals surface area contributed by atoms with Crippen LogP contribution in [0.2, 0.25) is 0 Å². The van der Waals surface area contributed by atoms with Gasteiger partial charge in [0.25, 0.3) is 5.91 Å². The van der Waals surface area contributed by atoms with Crippen molar-refractivity contribution in [1.82, 2.24) is 15.2 Å². The van der Waals surface area contributed by atoms with Crippen LogP contribution < -0.4 is 5.32 Å². The van der Waals surface area contributed by atoms with Crippen molar-refractivity contribution in [3.05, 3.63) is 59.9 Å². The van der Waals surface area contributed by atoms with E-state index in [4.69, 9.17) is 4.74 Å². The number of carbonyl (C=O) groups excluding carboxylic acids is 2. The summed E-state index contributed by atoms with van der Waals surface area (Å²) in [4.78, 5) is 26.5. The first-order chi connectivity index (χ1) is 13.1. The topological polar surface area (TPSA) is 74.4 Å². The molecule has 0 bridgehead atoms. The standard InChI is InChI=1S/C12H16FN3O2.C8H10O/c13-12(2-5-16(9-17)6-3-12)8-15-11(18)10-1-4-14-7-10;1-9-7-8-5-3-2-4-6-8/h1,4,7,9,14H,2-3,5-6,8H2,(H,15,18);2-6H,7H2,1H3. The van der Waals surface area contributed by atoms with Crippen LogP contribution in [0.15, 0.2) is 48.8 Å². The van der Waals surface area contributed by atoms with Crippen LogP contribution in [0.25, 0.3) is 0 Å². The van der Waals surface area contributed by atoms with Gasteiger partial charge in [-0.05, 0) is 11.6 Å². The van der Waals surface area contributed by atoms with Crippen molar-refractivity contribution in [3.63, 3.8) is 0 Å². The van der Waals surface area contributed by atoms with E-state index in [-0.39, 0.29) is 25.3 Å². The lowest BCUT2D eigenvalue weighted by Gasteiger charge is -2.34. The van der Waals surface area contributed by atoms with Crippen molar-refractivity contribution in [2.24, 2.45) is 0 Å². The Hall–Kier alpha value is -2.67. The predicted molar refractivity (Wildman–Crippen MR) is 101 cm³/mol. The van der Waals surface area contributed by atoms with Gasteiger partial charge in [0.05, 0.1) is 18.7 Å². The van der Waals surface area contributed by atoms with Gasteiger partial charge in [-0.2, -0.15) is 0 Å². The fourth-order valence-electron chi connectivity index (χ4n) is 2.75. The molecule has 0 atom stereocenters. The number of nitrogens with zero attached hydrogens (tertiary/aromatic N) is 1. The van der Waals surface area contributed by atoms with Crippen LogP contribution in [0.3, 0.4) is 0 Å². The minimum atomic E-state index is -1.41. The van der Waals surface area contributed by atoms with Crippen molar-refractivity contribution in [3.8, 4) is 0 Å². The van der Waals surface area contributed by atoms with E-state index in [1.807, 2.05) is 30.3 Å². The van der Waals surface area contributed by atoms with Crippen LogP contribution in [0.5, 0.6) is 0 Å². The molecule has 0 unspecified atom stereocenters. The zero-order chi connectivity index (χ0) is 19.5. The largest absolute Gasteiger partial charge is 0.380 e. The number of methoxy groups -OCH3 is 1. The molecule has 0 aliphatic carbocycles. The fourth-order valence-corrected chi connectivity index (χ4v) is 2.75. The van der Waals surface area contributed by atoms with E-state index < -0.39 is 5.67 Å². The molecule has 3 rings (SSSR count). The van der Waals surface area contributed by atoms with Gasteiger partial charge in [-0.1, -0.05) is 30.3 Å². The Labute approximate surface area is 158 Å². The van der Waals surface area contributed by atoms with Gasteiger partial charge in [-0.25, -0.2) is 4.39 Å². The zero-order valence-electron chi connectivity index (χ0n) is 15.5. The number of ether oxygens (including phenoxy) is 1. The van der Waals surface area contributed by atoms with Crippen molar-refractivity contribution >= 4 is 12.3 Å². The number of piperidine rings is 1. The second-order valence-electron chi connectivity index (χ2n) is 6.49. The minimum absolute atomic E-state index is 0.0102. The smallest absolute Gasteiger partial charge is 0.252 e. The highest BCUT2D eigenvalue weighted by Crippen LogP contribution is 2.25.